The fourth-order valence-corrected chi connectivity index (χ4v) is 0.954. The monoisotopic (exact) mass is 163 g/mol. The molecule has 0 fully saturated rings. The topological polar surface area (TPSA) is 20.3 Å². The van der Waals surface area contributed by atoms with Gasteiger partial charge in [-0.05, 0) is 24.4 Å². The van der Waals surface area contributed by atoms with Crippen molar-refractivity contribution in [1.82, 2.24) is 4.90 Å². The van der Waals surface area contributed by atoms with Gasteiger partial charge in [0.2, 0.25) is 0 Å². The van der Waals surface area contributed by atoms with E-state index in [9.17, 15) is 4.79 Å². The van der Waals surface area contributed by atoms with Crippen molar-refractivity contribution in [1.29, 1.82) is 0 Å². The smallest absolute Gasteiger partial charge is 0.316 e. The number of hydrogen-bond donors (Lipinski definition) is 0. The van der Waals surface area contributed by atoms with E-state index in [0.717, 1.165) is 6.54 Å². The normalized spacial score (nSPS) is 10.1. The second kappa shape index (κ2) is 4.56. The molecule has 0 atom stereocenters. The van der Waals surface area contributed by atoms with Gasteiger partial charge in [-0.25, -0.2) is 0 Å². The van der Waals surface area contributed by atoms with Gasteiger partial charge in [-0.2, -0.15) is 0 Å². The van der Waals surface area contributed by atoms with Crippen LogP contribution in [0.25, 0.3) is 0 Å². The van der Waals surface area contributed by atoms with Crippen molar-refractivity contribution in [2.45, 2.75) is 20.8 Å². The maximum atomic E-state index is 10.6. The highest BCUT2D eigenvalue weighted by Gasteiger charge is 2.08. The summed E-state index contributed by atoms with van der Waals surface area (Å²) in [6.07, 6.45) is 0. The summed E-state index contributed by atoms with van der Waals surface area (Å²) in [5.74, 6) is 0.489. The predicted octanol–water partition coefficient (Wildman–Crippen LogP) is 2.32. The molecule has 0 aromatic heterocycles. The predicted molar refractivity (Wildman–Crippen MR) is 43.3 cm³/mol. The quantitative estimate of drug-likeness (QED) is 0.462. The minimum Gasteiger partial charge on any atom is -0.329 e. The summed E-state index contributed by atoms with van der Waals surface area (Å²) in [5.41, 5.74) is 0. The van der Waals surface area contributed by atoms with Crippen LogP contribution in [0.1, 0.15) is 20.8 Å². The van der Waals surface area contributed by atoms with Crippen LogP contribution in [0, 0.1) is 5.92 Å². The third kappa shape index (κ3) is 3.72. The van der Waals surface area contributed by atoms with Crippen LogP contribution in [0.3, 0.4) is 0 Å². The Morgan fingerprint density at radius 3 is 2.20 bits per heavy atom. The number of halogens is 1. The Morgan fingerprint density at radius 1 is 1.60 bits per heavy atom. The molecule has 60 valence electrons. The molecule has 0 aromatic carbocycles. The van der Waals surface area contributed by atoms with Gasteiger partial charge in [0.1, 0.15) is 0 Å². The maximum absolute atomic E-state index is 10.6. The fraction of sp³-hybridized carbons (Fsp3) is 0.857. The van der Waals surface area contributed by atoms with E-state index in [1.54, 1.807) is 4.90 Å². The third-order valence-electron chi connectivity index (χ3n) is 1.22. The molecular weight excluding hydrogens is 150 g/mol. The highest BCUT2D eigenvalue weighted by Crippen LogP contribution is 2.01. The van der Waals surface area contributed by atoms with Crippen molar-refractivity contribution < 1.29 is 4.79 Å². The summed E-state index contributed by atoms with van der Waals surface area (Å²) in [6, 6.07) is 0. The van der Waals surface area contributed by atoms with Gasteiger partial charge in [0.25, 0.3) is 0 Å². The van der Waals surface area contributed by atoms with E-state index in [1.807, 2.05) is 6.92 Å². The van der Waals surface area contributed by atoms with Crippen LogP contribution >= 0.6 is 11.6 Å². The van der Waals surface area contributed by atoms with Crippen molar-refractivity contribution in [3.63, 3.8) is 0 Å². The molecule has 10 heavy (non-hydrogen) atoms. The first-order valence-corrected chi connectivity index (χ1v) is 3.90. The van der Waals surface area contributed by atoms with Crippen LogP contribution in [0.15, 0.2) is 0 Å². The minimum absolute atomic E-state index is 0.351. The number of carbonyl (C=O) groups is 1. The maximum Gasteiger partial charge on any atom is 0.316 e. The first-order chi connectivity index (χ1) is 4.57. The molecular formula is C7H14ClNO. The first kappa shape index (κ1) is 9.76. The molecule has 0 radical (unpaired) electrons. The standard InChI is InChI=1S/C7H14ClNO/c1-4-9(7(8)10)5-6(2)3/h6H,4-5H2,1-3H3. The highest BCUT2D eigenvalue weighted by molar-refractivity contribution is 6.62. The zero-order chi connectivity index (χ0) is 8.15. The number of rotatable bonds is 3. The second-order valence-electron chi connectivity index (χ2n) is 2.69. The van der Waals surface area contributed by atoms with Gasteiger partial charge in [0.05, 0.1) is 0 Å². The Bertz CT molecular complexity index is 114. The molecule has 0 N–H and O–H groups in total. The van der Waals surface area contributed by atoms with E-state index in [0.29, 0.717) is 12.5 Å². The molecule has 0 saturated heterocycles. The SMILES string of the molecule is CCN(CC(C)C)C(=O)Cl. The van der Waals surface area contributed by atoms with Gasteiger partial charge >= 0.3 is 5.37 Å². The fourth-order valence-electron chi connectivity index (χ4n) is 0.766. The van der Waals surface area contributed by atoms with Crippen LogP contribution in [0.4, 0.5) is 4.79 Å². The zero-order valence-corrected chi connectivity index (χ0v) is 7.48. The molecule has 1 amide bonds. The summed E-state index contributed by atoms with van der Waals surface area (Å²) in [5, 5.41) is -0.351. The number of carbonyl (C=O) groups excluding carboxylic acids is 1. The van der Waals surface area contributed by atoms with Crippen molar-refractivity contribution in [3.05, 3.63) is 0 Å². The van der Waals surface area contributed by atoms with Crippen LogP contribution in [0.5, 0.6) is 0 Å². The Balaban J connectivity index is 3.72. The molecule has 0 aliphatic heterocycles. The zero-order valence-electron chi connectivity index (χ0n) is 6.72. The van der Waals surface area contributed by atoms with Gasteiger partial charge in [-0.1, -0.05) is 13.8 Å². The number of nitrogens with zero attached hydrogens (tertiary/aromatic N) is 1. The number of hydrogen-bond acceptors (Lipinski definition) is 1. The summed E-state index contributed by atoms with van der Waals surface area (Å²) in [7, 11) is 0. The van der Waals surface area contributed by atoms with Crippen molar-refractivity contribution in [3.8, 4) is 0 Å². The molecule has 0 spiro atoms. The lowest BCUT2D eigenvalue weighted by atomic mass is 10.2. The summed E-state index contributed by atoms with van der Waals surface area (Å²) < 4.78 is 0. The molecule has 0 aliphatic carbocycles. The molecule has 0 bridgehead atoms. The van der Waals surface area contributed by atoms with Crippen LogP contribution < -0.4 is 0 Å². The van der Waals surface area contributed by atoms with Gasteiger partial charge < -0.3 is 4.90 Å². The van der Waals surface area contributed by atoms with Crippen LogP contribution in [-0.4, -0.2) is 23.4 Å². The minimum atomic E-state index is -0.351. The Morgan fingerprint density at radius 2 is 2.10 bits per heavy atom. The van der Waals surface area contributed by atoms with Crippen molar-refractivity contribution >= 4 is 17.0 Å². The summed E-state index contributed by atoms with van der Waals surface area (Å²) >= 11 is 5.28. The van der Waals surface area contributed by atoms with Gasteiger partial charge in [-0.3, -0.25) is 4.79 Å². The molecule has 0 aromatic rings. The van der Waals surface area contributed by atoms with Crippen LogP contribution in [-0.2, 0) is 0 Å². The molecule has 0 rings (SSSR count). The Hall–Kier alpha value is -0.240. The van der Waals surface area contributed by atoms with E-state index in [2.05, 4.69) is 13.8 Å². The molecule has 2 nitrogen and oxygen atoms in total. The van der Waals surface area contributed by atoms with Crippen molar-refractivity contribution in [2.75, 3.05) is 13.1 Å². The van der Waals surface area contributed by atoms with Crippen LogP contribution in [0.2, 0.25) is 0 Å². The molecule has 0 aliphatic rings. The van der Waals surface area contributed by atoms with E-state index in [4.69, 9.17) is 11.6 Å². The van der Waals surface area contributed by atoms with Gasteiger partial charge in [0.15, 0.2) is 0 Å². The first-order valence-electron chi connectivity index (χ1n) is 3.52. The largest absolute Gasteiger partial charge is 0.329 e. The second-order valence-corrected chi connectivity index (χ2v) is 3.01. The Labute approximate surface area is 67.2 Å². The molecule has 0 heterocycles. The average Bonchev–Trinajstić information content (AvgIpc) is 1.81. The lowest BCUT2D eigenvalue weighted by molar-refractivity contribution is 0.218. The molecule has 0 saturated carbocycles. The van der Waals surface area contributed by atoms with Gasteiger partial charge in [0, 0.05) is 13.1 Å². The average molecular weight is 164 g/mol. The summed E-state index contributed by atoms with van der Waals surface area (Å²) in [6.45, 7) is 7.48. The van der Waals surface area contributed by atoms with Gasteiger partial charge in [-0.15, -0.1) is 0 Å². The third-order valence-corrected chi connectivity index (χ3v) is 1.45. The Kier molecular flexibility index (Phi) is 4.45. The summed E-state index contributed by atoms with van der Waals surface area (Å²) in [4.78, 5) is 12.2. The van der Waals surface area contributed by atoms with E-state index in [1.165, 1.54) is 0 Å². The van der Waals surface area contributed by atoms with E-state index >= 15 is 0 Å². The highest BCUT2D eigenvalue weighted by atomic mass is 35.5. The van der Waals surface area contributed by atoms with Crippen molar-refractivity contribution in [2.24, 2.45) is 5.92 Å². The lowest BCUT2D eigenvalue weighted by Gasteiger charge is -2.19. The van der Waals surface area contributed by atoms with E-state index in [-0.39, 0.29) is 5.37 Å². The molecule has 3 heteroatoms. The number of amides is 1. The van der Waals surface area contributed by atoms with E-state index < -0.39 is 0 Å². The molecule has 0 unspecified atom stereocenters. The lowest BCUT2D eigenvalue weighted by Crippen LogP contribution is -2.29.